The molecular formula is C31H45Br3FN9O5S. The van der Waals surface area contributed by atoms with Crippen molar-refractivity contribution in [2.24, 2.45) is 5.73 Å². The highest BCUT2D eigenvalue weighted by Crippen LogP contribution is 2.25. The van der Waals surface area contributed by atoms with Crippen LogP contribution in [0.2, 0.25) is 0 Å². The summed E-state index contributed by atoms with van der Waals surface area (Å²) in [5.74, 6) is 1.26. The van der Waals surface area contributed by atoms with Gasteiger partial charge in [-0.25, -0.2) is 29.9 Å². The summed E-state index contributed by atoms with van der Waals surface area (Å²) >= 11 is 9.63. The molecule has 0 atom stereocenters. The molecule has 3 fully saturated rings. The van der Waals surface area contributed by atoms with Gasteiger partial charge in [-0.3, -0.25) is 4.18 Å². The normalized spacial score (nSPS) is 24.9. The maximum Gasteiger partial charge on any atom is 0.308 e. The fraction of sp³-hybridized carbons (Fsp3) is 0.613. The van der Waals surface area contributed by atoms with Crippen molar-refractivity contribution in [3.63, 3.8) is 0 Å². The predicted octanol–water partition coefficient (Wildman–Crippen LogP) is 5.52. The van der Waals surface area contributed by atoms with E-state index in [1.54, 1.807) is 24.8 Å². The molecule has 0 aliphatic heterocycles. The zero-order chi connectivity index (χ0) is 36.5. The summed E-state index contributed by atoms with van der Waals surface area (Å²) in [5.41, 5.74) is 5.59. The van der Waals surface area contributed by atoms with Crippen LogP contribution in [0.1, 0.15) is 77.0 Å². The van der Waals surface area contributed by atoms with E-state index < -0.39 is 16.2 Å². The topological polar surface area (TPSA) is 211 Å². The van der Waals surface area contributed by atoms with Crippen LogP contribution < -0.4 is 16.4 Å². The summed E-state index contributed by atoms with van der Waals surface area (Å²) in [6, 6.07) is 1.02. The number of rotatable bonds is 6. The van der Waals surface area contributed by atoms with Gasteiger partial charge in [-0.05, 0) is 125 Å². The maximum atomic E-state index is 11.8. The van der Waals surface area contributed by atoms with Gasteiger partial charge in [0.2, 0.25) is 11.9 Å². The number of anilines is 2. The largest absolute Gasteiger partial charge is 0.393 e. The molecule has 6 rings (SSSR count). The molecule has 3 saturated carbocycles. The van der Waals surface area contributed by atoms with Crippen molar-refractivity contribution in [3.05, 3.63) is 56.7 Å². The fourth-order valence-electron chi connectivity index (χ4n) is 5.31. The maximum absolute atomic E-state index is 11.8. The number of nitrogens with one attached hydrogen (secondary N) is 2. The number of nitrogens with zero attached hydrogens (tertiary/aromatic N) is 6. The van der Waals surface area contributed by atoms with E-state index in [2.05, 4.69) is 88.3 Å². The lowest BCUT2D eigenvalue weighted by Crippen LogP contribution is -2.31. The van der Waals surface area contributed by atoms with Gasteiger partial charge >= 0.3 is 6.08 Å². The zero-order valence-electron chi connectivity index (χ0n) is 27.7. The lowest BCUT2D eigenvalue weighted by Gasteiger charge is -2.28. The van der Waals surface area contributed by atoms with E-state index in [0.717, 1.165) is 92.3 Å². The molecule has 50 heavy (non-hydrogen) atoms. The number of aromatic nitrogens is 6. The van der Waals surface area contributed by atoms with E-state index in [9.17, 15) is 17.9 Å². The van der Waals surface area contributed by atoms with Crippen LogP contribution in [0.15, 0.2) is 50.6 Å². The Morgan fingerprint density at radius 1 is 0.660 bits per heavy atom. The fourth-order valence-corrected chi connectivity index (χ4v) is 6.61. The standard InChI is InChI=1S/C11H16BrN3O3S.C10H14BrN3O.C6H13NO.C4H2BrFN2/c1-19(16,17)18-10-4-2-9(3-5-10)15-11-13-6-8(12)7-14-11;11-7-5-12-10(13-6-7)14-8-1-3-9(15)4-2-8;7-5-1-3-6(8)4-2-5;5-3-1-7-4(6)8-2-3/h6-7,9-10H,2-5H2,1H3,(H,13,14,15);5-6,8-9,15H,1-4H2,(H,12,13,14);5-6,8H,1-4,7H2;1-2H. The Morgan fingerprint density at radius 2 is 1.00 bits per heavy atom. The average molecular weight is 915 g/mol. The summed E-state index contributed by atoms with van der Waals surface area (Å²) in [6.45, 7) is 0. The Labute approximate surface area is 318 Å². The predicted molar refractivity (Wildman–Crippen MR) is 199 cm³/mol. The molecule has 0 spiro atoms. The van der Waals surface area contributed by atoms with E-state index in [1.807, 2.05) is 0 Å². The van der Waals surface area contributed by atoms with Crippen LogP contribution in [0.5, 0.6) is 0 Å². The lowest BCUT2D eigenvalue weighted by molar-refractivity contribution is 0.123. The number of aliphatic hydroxyl groups is 2. The number of hydrogen-bond donors (Lipinski definition) is 5. The van der Waals surface area contributed by atoms with Crippen molar-refractivity contribution in [3.8, 4) is 0 Å². The molecular weight excluding hydrogens is 869 g/mol. The summed E-state index contributed by atoms with van der Waals surface area (Å²) < 4.78 is 41.3. The number of halogens is 4. The Hall–Kier alpha value is -2.00. The van der Waals surface area contributed by atoms with Crippen LogP contribution in [0, 0.1) is 6.08 Å². The van der Waals surface area contributed by atoms with Gasteiger partial charge in [0.1, 0.15) is 0 Å². The van der Waals surface area contributed by atoms with Gasteiger partial charge in [0.25, 0.3) is 10.1 Å². The molecule has 0 unspecified atom stereocenters. The summed E-state index contributed by atoms with van der Waals surface area (Å²) in [4.78, 5) is 23.1. The van der Waals surface area contributed by atoms with Gasteiger partial charge in [0.05, 0.1) is 38.0 Å². The van der Waals surface area contributed by atoms with Gasteiger partial charge in [0.15, 0.2) is 0 Å². The van der Waals surface area contributed by atoms with E-state index >= 15 is 0 Å². The molecule has 278 valence electrons. The molecule has 3 aliphatic rings. The Balaban J connectivity index is 0.000000193. The quantitative estimate of drug-likeness (QED) is 0.152. The first-order chi connectivity index (χ1) is 23.7. The van der Waals surface area contributed by atoms with Crippen LogP contribution in [-0.4, -0.2) is 91.2 Å². The first-order valence-electron chi connectivity index (χ1n) is 16.3. The summed E-state index contributed by atoms with van der Waals surface area (Å²) in [6.07, 6.45) is 20.2. The first-order valence-corrected chi connectivity index (χ1v) is 20.5. The minimum Gasteiger partial charge on any atom is -0.393 e. The third kappa shape index (κ3) is 18.5. The third-order valence-electron chi connectivity index (χ3n) is 7.92. The Morgan fingerprint density at radius 3 is 1.34 bits per heavy atom. The Kier molecular flexibility index (Phi) is 18.8. The molecule has 0 saturated heterocycles. The van der Waals surface area contributed by atoms with Crippen molar-refractivity contribution in [2.45, 2.75) is 113 Å². The molecule has 0 radical (unpaired) electrons. The van der Waals surface area contributed by atoms with Crippen LogP contribution in [-0.2, 0) is 14.3 Å². The minimum absolute atomic E-state index is 0.0604. The molecule has 0 amide bonds. The van der Waals surface area contributed by atoms with Gasteiger partial charge < -0.3 is 26.6 Å². The summed E-state index contributed by atoms with van der Waals surface area (Å²) in [7, 11) is -3.36. The Bertz CT molecular complexity index is 1450. The second-order valence-corrected chi connectivity index (χ2v) is 16.6. The number of nitrogens with two attached hydrogens (primary N) is 1. The molecule has 0 bridgehead atoms. The minimum atomic E-state index is -3.36. The second-order valence-electron chi connectivity index (χ2n) is 12.3. The highest BCUT2D eigenvalue weighted by molar-refractivity contribution is 9.11. The van der Waals surface area contributed by atoms with E-state index in [1.165, 1.54) is 12.4 Å². The molecule has 0 aromatic carbocycles. The highest BCUT2D eigenvalue weighted by Gasteiger charge is 2.25. The van der Waals surface area contributed by atoms with Crippen molar-refractivity contribution in [2.75, 3.05) is 16.9 Å². The van der Waals surface area contributed by atoms with Gasteiger partial charge in [0, 0.05) is 55.3 Å². The first kappa shape index (κ1) is 42.4. The zero-order valence-corrected chi connectivity index (χ0v) is 33.3. The van der Waals surface area contributed by atoms with Crippen LogP contribution >= 0.6 is 47.8 Å². The van der Waals surface area contributed by atoms with Crippen molar-refractivity contribution < 1.29 is 27.2 Å². The lowest BCUT2D eigenvalue weighted by atomic mass is 9.93. The van der Waals surface area contributed by atoms with Crippen LogP contribution in [0.25, 0.3) is 0 Å². The molecule has 19 heteroatoms. The molecule has 3 aromatic rings. The van der Waals surface area contributed by atoms with Crippen molar-refractivity contribution in [1.82, 2.24) is 29.9 Å². The van der Waals surface area contributed by atoms with Gasteiger partial charge in [-0.2, -0.15) is 12.8 Å². The second kappa shape index (κ2) is 22.2. The van der Waals surface area contributed by atoms with Crippen molar-refractivity contribution >= 4 is 69.8 Å². The summed E-state index contributed by atoms with van der Waals surface area (Å²) in [5, 5.41) is 24.9. The molecule has 3 aliphatic carbocycles. The van der Waals surface area contributed by atoms with Crippen LogP contribution in [0.3, 0.4) is 0 Å². The highest BCUT2D eigenvalue weighted by atomic mass is 79.9. The molecule has 6 N–H and O–H groups in total. The third-order valence-corrected chi connectivity index (χ3v) is 9.77. The number of hydrogen-bond acceptors (Lipinski definition) is 14. The smallest absolute Gasteiger partial charge is 0.308 e. The molecule has 14 nitrogen and oxygen atoms in total. The van der Waals surface area contributed by atoms with Crippen LogP contribution in [0.4, 0.5) is 16.3 Å². The SMILES string of the molecule is CS(=O)(=O)OC1CCC(Nc2ncc(Br)cn2)CC1.Fc1ncc(Br)cn1.NC1CCC(O)CC1.OC1CCC(Nc2ncc(Br)cn2)CC1. The van der Waals surface area contributed by atoms with Gasteiger partial charge in [-0.1, -0.05) is 0 Å². The number of aliphatic hydroxyl groups excluding tert-OH is 2. The molecule has 3 heterocycles. The molecule has 3 aromatic heterocycles. The van der Waals surface area contributed by atoms with E-state index in [-0.39, 0.29) is 24.4 Å². The van der Waals surface area contributed by atoms with Gasteiger partial charge in [-0.15, -0.1) is 0 Å². The monoisotopic (exact) mass is 911 g/mol. The van der Waals surface area contributed by atoms with Crippen molar-refractivity contribution in [1.29, 1.82) is 0 Å². The van der Waals surface area contributed by atoms with E-state index in [4.69, 9.17) is 15.0 Å². The average Bonchev–Trinajstić information content (AvgIpc) is 3.08. The van der Waals surface area contributed by atoms with E-state index in [0.29, 0.717) is 28.5 Å².